The van der Waals surface area contributed by atoms with Gasteiger partial charge >= 0.3 is 0 Å². The summed E-state index contributed by atoms with van der Waals surface area (Å²) in [4.78, 5) is 0. The Hall–Kier alpha value is -1.02. The molecule has 88 valence electrons. The Morgan fingerprint density at radius 2 is 2.12 bits per heavy atom. The molecule has 0 amide bonds. The lowest BCUT2D eigenvalue weighted by Gasteiger charge is -2.19. The van der Waals surface area contributed by atoms with E-state index in [1.54, 1.807) is 7.11 Å². The van der Waals surface area contributed by atoms with Crippen molar-refractivity contribution in [1.29, 1.82) is 0 Å². The van der Waals surface area contributed by atoms with Crippen LogP contribution < -0.4 is 10.1 Å². The molecule has 0 radical (unpaired) electrons. The molecule has 1 aromatic rings. The molecule has 1 fully saturated rings. The van der Waals surface area contributed by atoms with Crippen molar-refractivity contribution in [2.45, 2.75) is 38.1 Å². The third kappa shape index (κ3) is 2.38. The minimum absolute atomic E-state index is 0.374. The molecule has 0 heterocycles. The van der Waals surface area contributed by atoms with Crippen LogP contribution in [0.3, 0.4) is 0 Å². The molecule has 0 aliphatic heterocycles. The fourth-order valence-corrected chi connectivity index (χ4v) is 2.07. The van der Waals surface area contributed by atoms with Gasteiger partial charge in [0.1, 0.15) is 5.75 Å². The van der Waals surface area contributed by atoms with Crippen molar-refractivity contribution < 1.29 is 4.74 Å². The molecule has 0 aromatic heterocycles. The van der Waals surface area contributed by atoms with Crippen molar-refractivity contribution >= 4 is 0 Å². The van der Waals surface area contributed by atoms with Crippen LogP contribution in [0.25, 0.3) is 0 Å². The Bertz CT molecular complexity index is 356. The third-order valence-corrected chi connectivity index (χ3v) is 3.38. The summed E-state index contributed by atoms with van der Waals surface area (Å²) in [6.45, 7) is 5.47. The van der Waals surface area contributed by atoms with Crippen LogP contribution in [0.15, 0.2) is 24.3 Å². The van der Waals surface area contributed by atoms with E-state index in [-0.39, 0.29) is 0 Å². The maximum absolute atomic E-state index is 5.28. The van der Waals surface area contributed by atoms with Crippen LogP contribution in [0.2, 0.25) is 0 Å². The highest BCUT2D eigenvalue weighted by Crippen LogP contribution is 2.48. The van der Waals surface area contributed by atoms with E-state index in [0.717, 1.165) is 12.3 Å². The molecule has 0 unspecified atom stereocenters. The van der Waals surface area contributed by atoms with Crippen LogP contribution in [0.4, 0.5) is 0 Å². The molecule has 1 N–H and O–H groups in total. The smallest absolute Gasteiger partial charge is 0.119 e. The van der Waals surface area contributed by atoms with Crippen molar-refractivity contribution in [3.63, 3.8) is 0 Å². The quantitative estimate of drug-likeness (QED) is 0.822. The summed E-state index contributed by atoms with van der Waals surface area (Å²) in [6, 6.07) is 9.05. The standard InChI is InChI=1S/C14H21NO/c1-11(2)15-10-14(7-8-14)12-5-4-6-13(9-12)16-3/h4-6,9,11,15H,7-8,10H2,1-3H3. The summed E-state index contributed by atoms with van der Waals surface area (Å²) in [5, 5.41) is 3.54. The summed E-state index contributed by atoms with van der Waals surface area (Å²) >= 11 is 0. The van der Waals surface area contributed by atoms with E-state index < -0.39 is 0 Å². The van der Waals surface area contributed by atoms with Gasteiger partial charge in [-0.15, -0.1) is 0 Å². The molecule has 0 saturated heterocycles. The molecule has 1 aliphatic rings. The molecule has 1 aliphatic carbocycles. The molecule has 0 spiro atoms. The van der Waals surface area contributed by atoms with Crippen molar-refractivity contribution in [1.82, 2.24) is 5.32 Å². The van der Waals surface area contributed by atoms with Gasteiger partial charge in [-0.3, -0.25) is 0 Å². The lowest BCUT2D eigenvalue weighted by Crippen LogP contribution is -2.32. The number of benzene rings is 1. The fraction of sp³-hybridized carbons (Fsp3) is 0.571. The molecule has 2 rings (SSSR count). The molecule has 1 saturated carbocycles. The fourth-order valence-electron chi connectivity index (χ4n) is 2.07. The summed E-state index contributed by atoms with van der Waals surface area (Å²) < 4.78 is 5.28. The first-order valence-electron chi connectivity index (χ1n) is 6.04. The minimum Gasteiger partial charge on any atom is -0.497 e. The second-order valence-corrected chi connectivity index (χ2v) is 5.05. The highest BCUT2D eigenvalue weighted by atomic mass is 16.5. The van der Waals surface area contributed by atoms with Gasteiger partial charge < -0.3 is 10.1 Å². The summed E-state index contributed by atoms with van der Waals surface area (Å²) in [5.74, 6) is 0.966. The largest absolute Gasteiger partial charge is 0.497 e. The van der Waals surface area contributed by atoms with Gasteiger partial charge in [-0.05, 0) is 30.5 Å². The van der Waals surface area contributed by atoms with Crippen LogP contribution in [0.1, 0.15) is 32.3 Å². The lowest BCUT2D eigenvalue weighted by atomic mass is 9.95. The van der Waals surface area contributed by atoms with E-state index in [9.17, 15) is 0 Å². The molecular formula is C14H21NO. The minimum atomic E-state index is 0.374. The molecule has 0 bridgehead atoms. The van der Waals surface area contributed by atoms with Crippen molar-refractivity contribution in [2.24, 2.45) is 0 Å². The van der Waals surface area contributed by atoms with Crippen molar-refractivity contribution in [3.05, 3.63) is 29.8 Å². The number of hydrogen-bond acceptors (Lipinski definition) is 2. The number of nitrogens with one attached hydrogen (secondary N) is 1. The zero-order chi connectivity index (χ0) is 11.6. The van der Waals surface area contributed by atoms with Gasteiger partial charge in [-0.25, -0.2) is 0 Å². The summed E-state index contributed by atoms with van der Waals surface area (Å²) in [6.07, 6.45) is 2.58. The van der Waals surface area contributed by atoms with E-state index in [4.69, 9.17) is 4.74 Å². The van der Waals surface area contributed by atoms with E-state index >= 15 is 0 Å². The molecule has 16 heavy (non-hydrogen) atoms. The first-order valence-corrected chi connectivity index (χ1v) is 6.04. The molecule has 2 heteroatoms. The van der Waals surface area contributed by atoms with E-state index in [0.29, 0.717) is 11.5 Å². The van der Waals surface area contributed by atoms with E-state index in [1.165, 1.54) is 18.4 Å². The highest BCUT2D eigenvalue weighted by Gasteiger charge is 2.43. The Labute approximate surface area is 98.0 Å². The number of rotatable bonds is 5. The van der Waals surface area contributed by atoms with Gasteiger partial charge in [0, 0.05) is 18.0 Å². The van der Waals surface area contributed by atoms with Crippen molar-refractivity contribution in [2.75, 3.05) is 13.7 Å². The first kappa shape index (κ1) is 11.5. The maximum atomic E-state index is 5.28. The Kier molecular flexibility index (Phi) is 3.20. The van der Waals surface area contributed by atoms with Gasteiger partial charge in [-0.1, -0.05) is 26.0 Å². The Morgan fingerprint density at radius 1 is 1.38 bits per heavy atom. The number of ether oxygens (including phenoxy) is 1. The molecule has 1 aromatic carbocycles. The van der Waals surface area contributed by atoms with Crippen LogP contribution in [0.5, 0.6) is 5.75 Å². The van der Waals surface area contributed by atoms with Crippen LogP contribution >= 0.6 is 0 Å². The van der Waals surface area contributed by atoms with Crippen molar-refractivity contribution in [3.8, 4) is 5.75 Å². The summed E-state index contributed by atoms with van der Waals surface area (Å²) in [7, 11) is 1.73. The highest BCUT2D eigenvalue weighted by molar-refractivity contribution is 5.37. The van der Waals surface area contributed by atoms with Gasteiger partial charge in [0.05, 0.1) is 7.11 Å². The predicted octanol–water partition coefficient (Wildman–Crippen LogP) is 2.72. The first-order chi connectivity index (χ1) is 7.66. The lowest BCUT2D eigenvalue weighted by molar-refractivity contribution is 0.413. The average Bonchev–Trinajstić information content (AvgIpc) is 3.08. The van der Waals surface area contributed by atoms with E-state index in [2.05, 4.69) is 37.4 Å². The zero-order valence-electron chi connectivity index (χ0n) is 10.4. The summed E-state index contributed by atoms with van der Waals surface area (Å²) in [5.41, 5.74) is 1.79. The Morgan fingerprint density at radius 3 is 2.69 bits per heavy atom. The molecule has 0 atom stereocenters. The number of hydrogen-bond donors (Lipinski definition) is 1. The average molecular weight is 219 g/mol. The van der Waals surface area contributed by atoms with Gasteiger partial charge in [0.15, 0.2) is 0 Å². The van der Waals surface area contributed by atoms with Crippen LogP contribution in [-0.4, -0.2) is 19.7 Å². The molecular weight excluding hydrogens is 198 g/mol. The van der Waals surface area contributed by atoms with Crippen LogP contribution in [-0.2, 0) is 5.41 Å². The maximum Gasteiger partial charge on any atom is 0.119 e. The predicted molar refractivity (Wildman–Crippen MR) is 67.0 cm³/mol. The molecule has 2 nitrogen and oxygen atoms in total. The second-order valence-electron chi connectivity index (χ2n) is 5.05. The SMILES string of the molecule is COc1cccc(C2(CNC(C)C)CC2)c1. The monoisotopic (exact) mass is 219 g/mol. The number of methoxy groups -OCH3 is 1. The van der Waals surface area contributed by atoms with Crippen LogP contribution in [0, 0.1) is 0 Å². The second kappa shape index (κ2) is 4.46. The van der Waals surface area contributed by atoms with Gasteiger partial charge in [-0.2, -0.15) is 0 Å². The zero-order valence-corrected chi connectivity index (χ0v) is 10.4. The Balaban J connectivity index is 2.10. The normalized spacial score (nSPS) is 17.5. The topological polar surface area (TPSA) is 21.3 Å². The van der Waals surface area contributed by atoms with Gasteiger partial charge in [0.2, 0.25) is 0 Å². The van der Waals surface area contributed by atoms with Gasteiger partial charge in [0.25, 0.3) is 0 Å². The van der Waals surface area contributed by atoms with E-state index in [1.807, 2.05) is 6.07 Å². The third-order valence-electron chi connectivity index (χ3n) is 3.38.